The van der Waals surface area contributed by atoms with E-state index in [9.17, 15) is 4.79 Å². The second-order valence-corrected chi connectivity index (χ2v) is 5.89. The zero-order chi connectivity index (χ0) is 14.8. The van der Waals surface area contributed by atoms with Gasteiger partial charge in [-0.15, -0.1) is 0 Å². The highest BCUT2D eigenvalue weighted by Crippen LogP contribution is 2.26. The fourth-order valence-corrected chi connectivity index (χ4v) is 3.14. The maximum atomic E-state index is 10.8. The molecule has 0 fully saturated rings. The van der Waals surface area contributed by atoms with Crippen LogP contribution < -0.4 is 0 Å². The van der Waals surface area contributed by atoms with Crippen molar-refractivity contribution >= 4 is 21.9 Å². The molecule has 0 saturated heterocycles. The Morgan fingerprint density at radius 1 is 1.33 bits per heavy atom. The van der Waals surface area contributed by atoms with Crippen LogP contribution in [0.5, 0.6) is 0 Å². The molecule has 1 aliphatic rings. The van der Waals surface area contributed by atoms with E-state index >= 15 is 0 Å². The average molecular weight is 348 g/mol. The smallest absolute Gasteiger partial charge is 0.356 e. The summed E-state index contributed by atoms with van der Waals surface area (Å²) in [5.74, 6) is -1.05. The minimum Gasteiger partial charge on any atom is -0.476 e. The second kappa shape index (κ2) is 5.91. The molecule has 2 aromatic rings. The van der Waals surface area contributed by atoms with E-state index in [2.05, 4.69) is 42.9 Å². The van der Waals surface area contributed by atoms with Crippen molar-refractivity contribution in [1.29, 1.82) is 0 Å². The van der Waals surface area contributed by atoms with Gasteiger partial charge in [0, 0.05) is 24.1 Å². The zero-order valence-electron chi connectivity index (χ0n) is 11.3. The molecule has 3 rings (SSSR count). The van der Waals surface area contributed by atoms with Gasteiger partial charge in [-0.05, 0) is 23.6 Å². The van der Waals surface area contributed by atoms with Gasteiger partial charge in [-0.3, -0.25) is 9.88 Å². The predicted molar refractivity (Wildman–Crippen MR) is 81.0 cm³/mol. The Bertz CT molecular complexity index is 673. The van der Waals surface area contributed by atoms with Crippen molar-refractivity contribution in [2.75, 3.05) is 6.54 Å². The molecule has 0 amide bonds. The van der Waals surface area contributed by atoms with Crippen molar-refractivity contribution < 1.29 is 9.90 Å². The predicted octanol–water partition coefficient (Wildman–Crippen LogP) is 2.50. The number of rotatable bonds is 3. The molecule has 1 aromatic heterocycles. The normalized spacial score (nSPS) is 14.7. The number of benzene rings is 1. The maximum absolute atomic E-state index is 10.8. The van der Waals surface area contributed by atoms with Crippen LogP contribution in [0.25, 0.3) is 0 Å². The van der Waals surface area contributed by atoms with Crippen LogP contribution in [0.3, 0.4) is 0 Å². The summed E-state index contributed by atoms with van der Waals surface area (Å²) in [5.41, 5.74) is 3.47. The molecule has 0 aliphatic carbocycles. The van der Waals surface area contributed by atoms with Gasteiger partial charge < -0.3 is 5.11 Å². The summed E-state index contributed by atoms with van der Waals surface area (Å²) in [6, 6.07) is 6.27. The highest BCUT2D eigenvalue weighted by molar-refractivity contribution is 9.10. The molecular weight excluding hydrogens is 334 g/mol. The van der Waals surface area contributed by atoms with Gasteiger partial charge in [0.15, 0.2) is 5.69 Å². The molecule has 2 heterocycles. The van der Waals surface area contributed by atoms with Crippen molar-refractivity contribution in [3.05, 3.63) is 57.6 Å². The minimum absolute atomic E-state index is 0.0216. The summed E-state index contributed by atoms with van der Waals surface area (Å²) >= 11 is 3.59. The third-order valence-corrected chi connectivity index (χ3v) is 4.34. The zero-order valence-corrected chi connectivity index (χ0v) is 12.9. The van der Waals surface area contributed by atoms with Crippen LogP contribution in [0, 0.1) is 0 Å². The maximum Gasteiger partial charge on any atom is 0.356 e. The van der Waals surface area contributed by atoms with E-state index < -0.39 is 5.97 Å². The van der Waals surface area contributed by atoms with Gasteiger partial charge in [0.05, 0.1) is 18.1 Å². The number of nitrogens with zero attached hydrogens (tertiary/aromatic N) is 3. The summed E-state index contributed by atoms with van der Waals surface area (Å²) in [4.78, 5) is 21.1. The van der Waals surface area contributed by atoms with E-state index in [1.807, 2.05) is 6.07 Å². The van der Waals surface area contributed by atoms with Gasteiger partial charge in [0.2, 0.25) is 0 Å². The van der Waals surface area contributed by atoms with Crippen LogP contribution in [-0.2, 0) is 19.5 Å². The van der Waals surface area contributed by atoms with E-state index in [-0.39, 0.29) is 5.69 Å². The molecule has 1 N–H and O–H groups in total. The Kier molecular flexibility index (Phi) is 3.98. The van der Waals surface area contributed by atoms with Crippen molar-refractivity contribution in [3.63, 3.8) is 0 Å². The summed E-state index contributed by atoms with van der Waals surface area (Å²) in [6.45, 7) is 2.51. The number of halogens is 1. The van der Waals surface area contributed by atoms with Crippen LogP contribution in [0.15, 0.2) is 35.1 Å². The van der Waals surface area contributed by atoms with Gasteiger partial charge >= 0.3 is 5.97 Å². The quantitative estimate of drug-likeness (QED) is 0.923. The average Bonchev–Trinajstić information content (AvgIpc) is 2.48. The molecule has 0 unspecified atom stereocenters. The third kappa shape index (κ3) is 3.11. The van der Waals surface area contributed by atoms with Crippen LogP contribution in [0.4, 0.5) is 0 Å². The summed E-state index contributed by atoms with van der Waals surface area (Å²) in [6.07, 6.45) is 3.85. The first kappa shape index (κ1) is 14.2. The number of aromatic carboxylic acids is 1. The Morgan fingerprint density at radius 2 is 2.19 bits per heavy atom. The van der Waals surface area contributed by atoms with Crippen LogP contribution >= 0.6 is 15.9 Å². The number of carboxylic acid groups (broad SMARTS) is 1. The van der Waals surface area contributed by atoms with Crippen LogP contribution in [0.1, 0.15) is 27.3 Å². The van der Waals surface area contributed by atoms with Crippen molar-refractivity contribution in [2.24, 2.45) is 0 Å². The third-order valence-electron chi connectivity index (χ3n) is 3.60. The SMILES string of the molecule is O=C(O)c1cnc(CN2CCc3c(Br)cccc3C2)cn1. The largest absolute Gasteiger partial charge is 0.476 e. The van der Waals surface area contributed by atoms with E-state index in [0.717, 1.165) is 25.2 Å². The minimum atomic E-state index is -1.05. The summed E-state index contributed by atoms with van der Waals surface area (Å²) in [5, 5.41) is 8.81. The molecule has 6 heteroatoms. The summed E-state index contributed by atoms with van der Waals surface area (Å²) in [7, 11) is 0. The van der Waals surface area contributed by atoms with Gasteiger partial charge in [-0.1, -0.05) is 28.1 Å². The number of hydrogen-bond acceptors (Lipinski definition) is 4. The fraction of sp³-hybridized carbons (Fsp3) is 0.267. The fourth-order valence-electron chi connectivity index (χ4n) is 2.53. The monoisotopic (exact) mass is 347 g/mol. The molecule has 1 aliphatic heterocycles. The lowest BCUT2D eigenvalue weighted by Crippen LogP contribution is -2.30. The van der Waals surface area contributed by atoms with Crippen LogP contribution in [0.2, 0.25) is 0 Å². The molecular formula is C15H14BrN3O2. The van der Waals surface area contributed by atoms with E-state index in [0.29, 0.717) is 6.54 Å². The highest BCUT2D eigenvalue weighted by atomic mass is 79.9. The Hall–Kier alpha value is -1.79. The standard InChI is InChI=1S/C15H14BrN3O2/c16-13-3-1-2-10-8-19(5-4-12(10)13)9-11-6-18-14(7-17-11)15(20)21/h1-3,6-7H,4-5,8-9H2,(H,20,21). The van der Waals surface area contributed by atoms with E-state index in [1.54, 1.807) is 6.20 Å². The molecule has 21 heavy (non-hydrogen) atoms. The molecule has 0 atom stereocenters. The first-order chi connectivity index (χ1) is 10.1. The van der Waals surface area contributed by atoms with Gasteiger partial charge in [-0.25, -0.2) is 9.78 Å². The Labute approximate surface area is 130 Å². The molecule has 0 spiro atoms. The molecule has 0 bridgehead atoms. The van der Waals surface area contributed by atoms with Crippen molar-refractivity contribution in [2.45, 2.75) is 19.5 Å². The first-order valence-corrected chi connectivity index (χ1v) is 7.45. The number of carbonyl (C=O) groups is 1. The van der Waals surface area contributed by atoms with Gasteiger partial charge in [-0.2, -0.15) is 0 Å². The van der Waals surface area contributed by atoms with Gasteiger partial charge in [0.25, 0.3) is 0 Å². The molecule has 0 saturated carbocycles. The van der Waals surface area contributed by atoms with Crippen molar-refractivity contribution in [1.82, 2.24) is 14.9 Å². The second-order valence-electron chi connectivity index (χ2n) is 5.04. The van der Waals surface area contributed by atoms with Gasteiger partial charge in [0.1, 0.15) is 0 Å². The number of hydrogen-bond donors (Lipinski definition) is 1. The lowest BCUT2D eigenvalue weighted by Gasteiger charge is -2.28. The molecule has 5 nitrogen and oxygen atoms in total. The van der Waals surface area contributed by atoms with Crippen molar-refractivity contribution in [3.8, 4) is 0 Å². The molecule has 1 aromatic carbocycles. The molecule has 108 valence electrons. The first-order valence-electron chi connectivity index (χ1n) is 6.66. The lowest BCUT2D eigenvalue weighted by molar-refractivity contribution is 0.0690. The topological polar surface area (TPSA) is 66.3 Å². The number of aromatic nitrogens is 2. The summed E-state index contributed by atoms with van der Waals surface area (Å²) < 4.78 is 1.17. The Morgan fingerprint density at radius 3 is 2.90 bits per heavy atom. The molecule has 0 radical (unpaired) electrons. The van der Waals surface area contributed by atoms with E-state index in [4.69, 9.17) is 5.11 Å². The number of fused-ring (bicyclic) bond motifs is 1. The highest BCUT2D eigenvalue weighted by Gasteiger charge is 2.18. The van der Waals surface area contributed by atoms with Crippen LogP contribution in [-0.4, -0.2) is 32.5 Å². The number of carboxylic acids is 1. The lowest BCUT2D eigenvalue weighted by atomic mass is 10.00. The Balaban J connectivity index is 1.71. The van der Waals surface area contributed by atoms with E-state index in [1.165, 1.54) is 21.8 Å².